The van der Waals surface area contributed by atoms with Crippen LogP contribution in [0.15, 0.2) is 29.2 Å². The molecule has 0 saturated carbocycles. The molecule has 0 heterocycles. The van der Waals surface area contributed by atoms with Crippen LogP contribution in [0.5, 0.6) is 0 Å². The van der Waals surface area contributed by atoms with Crippen molar-refractivity contribution in [2.75, 3.05) is 12.3 Å². The van der Waals surface area contributed by atoms with Gasteiger partial charge in [0, 0.05) is 22.7 Å². The maximum absolute atomic E-state index is 9.84. The predicted molar refractivity (Wildman–Crippen MR) is 75.9 cm³/mol. The minimum absolute atomic E-state index is 0.0377. The summed E-state index contributed by atoms with van der Waals surface area (Å²) >= 11 is 7.62. The molecule has 0 fully saturated rings. The molecular formula is C13H20ClNOS. The smallest absolute Gasteiger partial charge is 0.0758 e. The Labute approximate surface area is 113 Å². The molecule has 0 saturated heterocycles. The zero-order valence-corrected chi connectivity index (χ0v) is 12.1. The number of β-amino-alcohol motifs (C(OH)–C–C–N with tert-alkyl or cyclic N) is 1. The Morgan fingerprint density at radius 3 is 2.59 bits per heavy atom. The summed E-state index contributed by atoms with van der Waals surface area (Å²) in [7, 11) is 0. The highest BCUT2D eigenvalue weighted by atomic mass is 35.5. The Morgan fingerprint density at radius 2 is 2.00 bits per heavy atom. The molecule has 2 N–H and O–H groups in total. The minimum atomic E-state index is -0.365. The van der Waals surface area contributed by atoms with Gasteiger partial charge in [0.25, 0.3) is 0 Å². The number of aliphatic hydroxyl groups is 1. The summed E-state index contributed by atoms with van der Waals surface area (Å²) in [5, 5.41) is 13.9. The zero-order valence-electron chi connectivity index (χ0n) is 10.5. The lowest BCUT2D eigenvalue weighted by Crippen LogP contribution is -2.41. The van der Waals surface area contributed by atoms with Crippen molar-refractivity contribution in [1.82, 2.24) is 5.32 Å². The van der Waals surface area contributed by atoms with Crippen LogP contribution in [0.2, 0.25) is 5.02 Å². The number of aliphatic hydroxyl groups excluding tert-OH is 1. The van der Waals surface area contributed by atoms with E-state index in [1.807, 2.05) is 24.3 Å². The van der Waals surface area contributed by atoms with Crippen LogP contribution < -0.4 is 5.32 Å². The third-order valence-corrected chi connectivity index (χ3v) is 3.80. The summed E-state index contributed by atoms with van der Waals surface area (Å²) in [6.07, 6.45) is -0.365. The largest absolute Gasteiger partial charge is 0.391 e. The molecule has 0 bridgehead atoms. The van der Waals surface area contributed by atoms with Gasteiger partial charge in [-0.2, -0.15) is 0 Å². The lowest BCUT2D eigenvalue weighted by Gasteiger charge is -2.22. The SMILES string of the molecule is CC(C)(C)NCC(O)CSc1ccccc1Cl. The molecule has 0 aromatic heterocycles. The first-order valence-electron chi connectivity index (χ1n) is 5.69. The lowest BCUT2D eigenvalue weighted by atomic mass is 10.1. The van der Waals surface area contributed by atoms with Crippen molar-refractivity contribution in [3.63, 3.8) is 0 Å². The van der Waals surface area contributed by atoms with E-state index < -0.39 is 0 Å². The zero-order chi connectivity index (χ0) is 12.9. The number of hydrogen-bond donors (Lipinski definition) is 2. The maximum atomic E-state index is 9.84. The van der Waals surface area contributed by atoms with E-state index in [0.717, 1.165) is 9.92 Å². The van der Waals surface area contributed by atoms with Crippen molar-refractivity contribution in [2.45, 2.75) is 37.3 Å². The van der Waals surface area contributed by atoms with Gasteiger partial charge >= 0.3 is 0 Å². The molecule has 1 aromatic carbocycles. The van der Waals surface area contributed by atoms with Crippen molar-refractivity contribution in [3.05, 3.63) is 29.3 Å². The summed E-state index contributed by atoms with van der Waals surface area (Å²) in [6.45, 7) is 6.85. The van der Waals surface area contributed by atoms with Crippen LogP contribution >= 0.6 is 23.4 Å². The van der Waals surface area contributed by atoms with E-state index in [4.69, 9.17) is 11.6 Å². The molecule has 1 aromatic rings. The molecule has 0 radical (unpaired) electrons. The standard InChI is InChI=1S/C13H20ClNOS/c1-13(2,3)15-8-10(16)9-17-12-7-5-4-6-11(12)14/h4-7,10,15-16H,8-9H2,1-3H3. The monoisotopic (exact) mass is 273 g/mol. The van der Waals surface area contributed by atoms with Crippen molar-refractivity contribution in [2.24, 2.45) is 0 Å². The average Bonchev–Trinajstić information content (AvgIpc) is 2.24. The summed E-state index contributed by atoms with van der Waals surface area (Å²) in [5.74, 6) is 0.646. The van der Waals surface area contributed by atoms with Gasteiger partial charge < -0.3 is 10.4 Å². The van der Waals surface area contributed by atoms with Gasteiger partial charge in [0.05, 0.1) is 11.1 Å². The minimum Gasteiger partial charge on any atom is -0.391 e. The van der Waals surface area contributed by atoms with Crippen molar-refractivity contribution >= 4 is 23.4 Å². The number of nitrogens with one attached hydrogen (secondary N) is 1. The topological polar surface area (TPSA) is 32.3 Å². The van der Waals surface area contributed by atoms with Crippen LogP contribution in [-0.2, 0) is 0 Å². The second kappa shape index (κ2) is 6.64. The number of thioether (sulfide) groups is 1. The Morgan fingerprint density at radius 1 is 1.35 bits per heavy atom. The third-order valence-electron chi connectivity index (χ3n) is 2.14. The van der Waals surface area contributed by atoms with Crippen LogP contribution in [0, 0.1) is 0 Å². The van der Waals surface area contributed by atoms with Gasteiger partial charge in [-0.05, 0) is 32.9 Å². The van der Waals surface area contributed by atoms with Crippen LogP contribution in [0.4, 0.5) is 0 Å². The summed E-state index contributed by atoms with van der Waals surface area (Å²) < 4.78 is 0. The highest BCUT2D eigenvalue weighted by Gasteiger charge is 2.12. The second-order valence-electron chi connectivity index (χ2n) is 5.03. The van der Waals surface area contributed by atoms with E-state index in [1.54, 1.807) is 11.8 Å². The molecule has 0 aliphatic rings. The van der Waals surface area contributed by atoms with Crippen molar-refractivity contribution in [3.8, 4) is 0 Å². The fourth-order valence-corrected chi connectivity index (χ4v) is 2.40. The molecule has 17 heavy (non-hydrogen) atoms. The van der Waals surface area contributed by atoms with Gasteiger partial charge in [0.15, 0.2) is 0 Å². The first-order valence-corrected chi connectivity index (χ1v) is 7.05. The van der Waals surface area contributed by atoms with Crippen LogP contribution in [-0.4, -0.2) is 29.0 Å². The highest BCUT2D eigenvalue weighted by Crippen LogP contribution is 2.26. The Hall–Kier alpha value is -0.220. The molecule has 1 unspecified atom stereocenters. The Kier molecular flexibility index (Phi) is 5.80. The maximum Gasteiger partial charge on any atom is 0.0758 e. The Bertz CT molecular complexity index is 352. The predicted octanol–water partition coefficient (Wildman–Crippen LogP) is 3.18. The van der Waals surface area contributed by atoms with E-state index in [9.17, 15) is 5.11 Å². The first-order chi connectivity index (χ1) is 7.88. The van der Waals surface area contributed by atoms with E-state index in [0.29, 0.717) is 12.3 Å². The molecule has 2 nitrogen and oxygen atoms in total. The van der Waals surface area contributed by atoms with Gasteiger partial charge in [0.1, 0.15) is 0 Å². The number of hydrogen-bond acceptors (Lipinski definition) is 3. The van der Waals surface area contributed by atoms with Gasteiger partial charge in [-0.15, -0.1) is 11.8 Å². The molecule has 1 atom stereocenters. The van der Waals surface area contributed by atoms with E-state index in [2.05, 4.69) is 26.1 Å². The second-order valence-corrected chi connectivity index (χ2v) is 6.50. The normalized spacial score (nSPS) is 13.7. The third kappa shape index (κ3) is 6.32. The molecular weight excluding hydrogens is 254 g/mol. The Balaban J connectivity index is 2.34. The number of rotatable bonds is 5. The molecule has 0 spiro atoms. The van der Waals surface area contributed by atoms with Gasteiger partial charge in [0.2, 0.25) is 0 Å². The summed E-state index contributed by atoms with van der Waals surface area (Å²) in [4.78, 5) is 1.02. The van der Waals surface area contributed by atoms with Crippen molar-refractivity contribution in [1.29, 1.82) is 0 Å². The van der Waals surface area contributed by atoms with Crippen LogP contribution in [0.3, 0.4) is 0 Å². The number of halogens is 1. The van der Waals surface area contributed by atoms with E-state index >= 15 is 0 Å². The summed E-state index contributed by atoms with van der Waals surface area (Å²) in [6, 6.07) is 7.69. The fourth-order valence-electron chi connectivity index (χ4n) is 1.23. The van der Waals surface area contributed by atoms with Gasteiger partial charge in [-0.1, -0.05) is 23.7 Å². The molecule has 0 aliphatic carbocycles. The average molecular weight is 274 g/mol. The molecule has 1 rings (SSSR count). The van der Waals surface area contributed by atoms with Crippen LogP contribution in [0.25, 0.3) is 0 Å². The lowest BCUT2D eigenvalue weighted by molar-refractivity contribution is 0.183. The quantitative estimate of drug-likeness (QED) is 0.809. The fraction of sp³-hybridized carbons (Fsp3) is 0.538. The van der Waals surface area contributed by atoms with E-state index in [1.165, 1.54) is 0 Å². The van der Waals surface area contributed by atoms with Crippen molar-refractivity contribution < 1.29 is 5.11 Å². The van der Waals surface area contributed by atoms with Gasteiger partial charge in [-0.25, -0.2) is 0 Å². The molecule has 0 amide bonds. The molecule has 96 valence electrons. The summed E-state index contributed by atoms with van der Waals surface area (Å²) in [5.41, 5.74) is 0.0377. The van der Waals surface area contributed by atoms with Gasteiger partial charge in [-0.3, -0.25) is 0 Å². The first kappa shape index (κ1) is 14.8. The highest BCUT2D eigenvalue weighted by molar-refractivity contribution is 7.99. The number of benzene rings is 1. The van der Waals surface area contributed by atoms with Crippen LogP contribution in [0.1, 0.15) is 20.8 Å². The molecule has 4 heteroatoms. The van der Waals surface area contributed by atoms with E-state index in [-0.39, 0.29) is 11.6 Å². The molecule has 0 aliphatic heterocycles.